The fourth-order valence-corrected chi connectivity index (χ4v) is 3.70. The van der Waals surface area contributed by atoms with Crippen molar-refractivity contribution in [2.75, 3.05) is 11.5 Å². The number of nitrogens with zero attached hydrogens (tertiary/aromatic N) is 4. The lowest BCUT2D eigenvalue weighted by Gasteiger charge is -2.11. The molecule has 2 aromatic rings. The molecule has 0 aliphatic carbocycles. The standard InChI is InChI=1S/C17H22N6OS/c1-10-4-16(18)21-11(2)15(10)6-19-17(24)13-5-20-23(7-13)8-14-9-25-12(3)22-14/h4-5,7,14H,6,8-9H2,1-3H3,(H2,18,21)(H,19,24). The third kappa shape index (κ3) is 4.19. The van der Waals surface area contributed by atoms with Crippen molar-refractivity contribution in [2.24, 2.45) is 4.99 Å². The fraction of sp³-hybridized carbons (Fsp3) is 0.412. The Kier molecular flexibility index (Phi) is 5.08. The Hall–Kier alpha value is -2.35. The second-order valence-electron chi connectivity index (χ2n) is 6.17. The number of aryl methyl sites for hydroxylation is 2. The van der Waals surface area contributed by atoms with Gasteiger partial charge in [-0.1, -0.05) is 0 Å². The molecule has 1 aliphatic rings. The van der Waals surface area contributed by atoms with E-state index in [0.29, 0.717) is 24.5 Å². The number of carbonyl (C=O) groups is 1. The van der Waals surface area contributed by atoms with E-state index in [-0.39, 0.29) is 11.9 Å². The minimum Gasteiger partial charge on any atom is -0.384 e. The van der Waals surface area contributed by atoms with Gasteiger partial charge in [0.05, 0.1) is 29.4 Å². The van der Waals surface area contributed by atoms with Crippen LogP contribution >= 0.6 is 11.8 Å². The Morgan fingerprint density at radius 2 is 2.24 bits per heavy atom. The largest absolute Gasteiger partial charge is 0.384 e. The summed E-state index contributed by atoms with van der Waals surface area (Å²) in [6, 6.07) is 2.04. The molecule has 1 amide bonds. The predicted octanol–water partition coefficient (Wildman–Crippen LogP) is 1.94. The van der Waals surface area contributed by atoms with Crippen molar-refractivity contribution in [1.29, 1.82) is 0 Å². The molecule has 8 heteroatoms. The van der Waals surface area contributed by atoms with Gasteiger partial charge in [0, 0.05) is 24.2 Å². The van der Waals surface area contributed by atoms with Crippen LogP contribution in [0.2, 0.25) is 0 Å². The molecule has 1 unspecified atom stereocenters. The van der Waals surface area contributed by atoms with Crippen LogP contribution in [0.15, 0.2) is 23.5 Å². The zero-order valence-electron chi connectivity index (χ0n) is 14.6. The summed E-state index contributed by atoms with van der Waals surface area (Å²) in [7, 11) is 0. The summed E-state index contributed by atoms with van der Waals surface area (Å²) < 4.78 is 1.78. The van der Waals surface area contributed by atoms with Crippen LogP contribution in [0.3, 0.4) is 0 Å². The summed E-state index contributed by atoms with van der Waals surface area (Å²) in [4.78, 5) is 21.2. The lowest BCUT2D eigenvalue weighted by molar-refractivity contribution is 0.0950. The Morgan fingerprint density at radius 1 is 1.44 bits per heavy atom. The van der Waals surface area contributed by atoms with Crippen molar-refractivity contribution >= 4 is 28.5 Å². The molecule has 1 aliphatic heterocycles. The van der Waals surface area contributed by atoms with E-state index in [1.54, 1.807) is 28.8 Å². The van der Waals surface area contributed by atoms with Gasteiger partial charge in [-0.2, -0.15) is 5.10 Å². The maximum Gasteiger partial charge on any atom is 0.254 e. The Labute approximate surface area is 151 Å². The van der Waals surface area contributed by atoms with E-state index < -0.39 is 0 Å². The van der Waals surface area contributed by atoms with Gasteiger partial charge in [-0.25, -0.2) is 4.98 Å². The molecular weight excluding hydrogens is 336 g/mol. The number of thioether (sulfide) groups is 1. The molecule has 3 heterocycles. The van der Waals surface area contributed by atoms with E-state index in [1.165, 1.54) is 0 Å². The highest BCUT2D eigenvalue weighted by Gasteiger charge is 2.17. The second kappa shape index (κ2) is 7.26. The topological polar surface area (TPSA) is 98.2 Å². The first kappa shape index (κ1) is 17.5. The normalized spacial score (nSPS) is 16.8. The van der Waals surface area contributed by atoms with Crippen LogP contribution < -0.4 is 11.1 Å². The van der Waals surface area contributed by atoms with E-state index in [9.17, 15) is 4.79 Å². The van der Waals surface area contributed by atoms with Crippen molar-refractivity contribution < 1.29 is 4.79 Å². The Bertz CT molecular complexity index is 805. The number of pyridine rings is 1. The molecule has 7 nitrogen and oxygen atoms in total. The fourth-order valence-electron chi connectivity index (χ4n) is 2.86. The Morgan fingerprint density at radius 3 is 2.92 bits per heavy atom. The summed E-state index contributed by atoms with van der Waals surface area (Å²) in [5.41, 5.74) is 9.12. The van der Waals surface area contributed by atoms with Crippen LogP contribution in [-0.2, 0) is 13.1 Å². The average molecular weight is 358 g/mol. The van der Waals surface area contributed by atoms with Gasteiger partial charge in [-0.3, -0.25) is 14.5 Å². The number of anilines is 1. The zero-order chi connectivity index (χ0) is 18.0. The van der Waals surface area contributed by atoms with Crippen molar-refractivity contribution in [3.63, 3.8) is 0 Å². The van der Waals surface area contributed by atoms with Crippen molar-refractivity contribution in [1.82, 2.24) is 20.1 Å². The smallest absolute Gasteiger partial charge is 0.254 e. The van der Waals surface area contributed by atoms with Crippen LogP contribution in [-0.4, -0.2) is 37.5 Å². The molecule has 132 valence electrons. The van der Waals surface area contributed by atoms with Gasteiger partial charge in [-0.15, -0.1) is 11.8 Å². The van der Waals surface area contributed by atoms with Crippen LogP contribution in [0.4, 0.5) is 5.82 Å². The number of hydrogen-bond donors (Lipinski definition) is 2. The highest BCUT2D eigenvalue weighted by molar-refractivity contribution is 8.14. The molecule has 0 aromatic carbocycles. The lowest BCUT2D eigenvalue weighted by atomic mass is 10.1. The van der Waals surface area contributed by atoms with E-state index in [0.717, 1.165) is 27.6 Å². The molecule has 0 saturated heterocycles. The number of nitrogen functional groups attached to an aromatic ring is 1. The van der Waals surface area contributed by atoms with Gasteiger partial charge in [0.15, 0.2) is 0 Å². The van der Waals surface area contributed by atoms with Gasteiger partial charge in [-0.05, 0) is 38.0 Å². The molecular formula is C17H22N6OS. The van der Waals surface area contributed by atoms with Gasteiger partial charge < -0.3 is 11.1 Å². The van der Waals surface area contributed by atoms with Crippen LogP contribution in [0.5, 0.6) is 0 Å². The average Bonchev–Trinajstić information content (AvgIpc) is 3.15. The molecule has 0 bridgehead atoms. The second-order valence-corrected chi connectivity index (χ2v) is 7.39. The summed E-state index contributed by atoms with van der Waals surface area (Å²) in [6.07, 6.45) is 3.36. The summed E-state index contributed by atoms with van der Waals surface area (Å²) in [6.45, 7) is 6.98. The molecule has 0 radical (unpaired) electrons. The van der Waals surface area contributed by atoms with E-state index >= 15 is 0 Å². The number of amides is 1. The van der Waals surface area contributed by atoms with Gasteiger partial charge >= 0.3 is 0 Å². The number of aromatic nitrogens is 3. The highest BCUT2D eigenvalue weighted by atomic mass is 32.2. The maximum absolute atomic E-state index is 12.4. The maximum atomic E-state index is 12.4. The number of nitrogens with one attached hydrogen (secondary N) is 1. The molecule has 25 heavy (non-hydrogen) atoms. The molecule has 0 saturated carbocycles. The van der Waals surface area contributed by atoms with Gasteiger partial charge in [0.1, 0.15) is 5.82 Å². The summed E-state index contributed by atoms with van der Waals surface area (Å²) >= 11 is 1.76. The van der Waals surface area contributed by atoms with E-state index in [4.69, 9.17) is 5.73 Å². The van der Waals surface area contributed by atoms with Crippen LogP contribution in [0, 0.1) is 13.8 Å². The van der Waals surface area contributed by atoms with E-state index in [2.05, 4.69) is 20.4 Å². The van der Waals surface area contributed by atoms with Crippen molar-refractivity contribution in [3.05, 3.63) is 40.8 Å². The third-order valence-corrected chi connectivity index (χ3v) is 5.22. The first-order valence-corrected chi connectivity index (χ1v) is 9.11. The number of aliphatic imine (C=N–C) groups is 1. The zero-order valence-corrected chi connectivity index (χ0v) is 15.4. The third-order valence-electron chi connectivity index (χ3n) is 4.14. The predicted molar refractivity (Wildman–Crippen MR) is 101 cm³/mol. The minimum atomic E-state index is -0.151. The molecule has 2 aromatic heterocycles. The number of rotatable bonds is 5. The quantitative estimate of drug-likeness (QED) is 0.851. The highest BCUT2D eigenvalue weighted by Crippen LogP contribution is 2.19. The summed E-state index contributed by atoms with van der Waals surface area (Å²) in [5.74, 6) is 1.31. The first-order valence-electron chi connectivity index (χ1n) is 8.13. The van der Waals surface area contributed by atoms with Crippen molar-refractivity contribution in [2.45, 2.75) is 39.9 Å². The summed E-state index contributed by atoms with van der Waals surface area (Å²) in [5, 5.41) is 8.31. The monoisotopic (exact) mass is 358 g/mol. The first-order chi connectivity index (χ1) is 11.9. The molecule has 3 rings (SSSR count). The van der Waals surface area contributed by atoms with Crippen molar-refractivity contribution in [3.8, 4) is 0 Å². The molecule has 0 spiro atoms. The number of nitrogens with two attached hydrogens (primary N) is 1. The Balaban J connectivity index is 1.61. The van der Waals surface area contributed by atoms with Crippen LogP contribution in [0.1, 0.15) is 34.1 Å². The molecule has 0 fully saturated rings. The SMILES string of the molecule is CC1=NC(Cn2cc(C(=O)NCc3c(C)cc(N)nc3C)cn2)CS1. The number of hydrogen-bond acceptors (Lipinski definition) is 6. The van der Waals surface area contributed by atoms with E-state index in [1.807, 2.05) is 26.8 Å². The van der Waals surface area contributed by atoms with Gasteiger partial charge in [0.25, 0.3) is 5.91 Å². The molecule has 1 atom stereocenters. The van der Waals surface area contributed by atoms with Gasteiger partial charge in [0.2, 0.25) is 0 Å². The molecule has 3 N–H and O–H groups in total. The number of carbonyl (C=O) groups excluding carboxylic acids is 1. The minimum absolute atomic E-state index is 0.151. The lowest BCUT2D eigenvalue weighted by Crippen LogP contribution is -2.23. The van der Waals surface area contributed by atoms with Crippen LogP contribution in [0.25, 0.3) is 0 Å².